The average molecular weight is 1220 g/mol. The Bertz CT molecular complexity index is 5630. The monoisotopic (exact) mass is 1220 g/mol. The SMILES string of the molecule is N#Cc1cccc(-c2ccc(-c3ccc(-c4cccc(-c5nc(-c6ccccc6)nc(-c6ccc(-c7ccc(-c8ccc(-c9ccc(-c%10ccc(-c%11nc(-c%12ccccc%12)nc(-c%12ccccc%12)n%11)cc%10)c%10ccccc9%10)cc8)cc7C#N)cc6)n5)c4)c4ccccc34)cc2)c1. The summed E-state index contributed by atoms with van der Waals surface area (Å²) in [6, 6.07) is 117. The third-order valence-electron chi connectivity index (χ3n) is 17.7. The lowest BCUT2D eigenvalue weighted by molar-refractivity contribution is 1.07. The molecule has 0 spiro atoms. The minimum absolute atomic E-state index is 0.539. The van der Waals surface area contributed by atoms with Crippen molar-refractivity contribution in [2.75, 3.05) is 0 Å². The van der Waals surface area contributed by atoms with Crippen LogP contribution in [0.3, 0.4) is 0 Å². The topological polar surface area (TPSA) is 125 Å². The first kappa shape index (κ1) is 57.7. The summed E-state index contributed by atoms with van der Waals surface area (Å²) in [5.74, 6) is 3.53. The maximum Gasteiger partial charge on any atom is 0.164 e. The van der Waals surface area contributed by atoms with Crippen LogP contribution in [0.5, 0.6) is 0 Å². The van der Waals surface area contributed by atoms with Crippen LogP contribution in [0.25, 0.3) is 168 Å². The molecular weight excluding hydrogens is 1170 g/mol. The predicted octanol–water partition coefficient (Wildman–Crippen LogP) is 21.8. The van der Waals surface area contributed by atoms with Crippen molar-refractivity contribution in [1.82, 2.24) is 29.9 Å². The number of benzene rings is 14. The van der Waals surface area contributed by atoms with Crippen molar-refractivity contribution in [3.05, 3.63) is 339 Å². The molecule has 0 bridgehead atoms. The van der Waals surface area contributed by atoms with Gasteiger partial charge in [0.25, 0.3) is 0 Å². The number of rotatable bonds is 13. The van der Waals surface area contributed by atoms with Gasteiger partial charge in [0, 0.05) is 33.4 Å². The van der Waals surface area contributed by atoms with Gasteiger partial charge in [-0.05, 0) is 124 Å². The normalized spacial score (nSPS) is 11.1. The van der Waals surface area contributed by atoms with Gasteiger partial charge in [-0.2, -0.15) is 10.5 Å². The van der Waals surface area contributed by atoms with Crippen LogP contribution in [0.15, 0.2) is 328 Å². The highest BCUT2D eigenvalue weighted by Crippen LogP contribution is 2.41. The molecule has 2 aromatic heterocycles. The van der Waals surface area contributed by atoms with Crippen molar-refractivity contribution in [2.45, 2.75) is 0 Å². The molecule has 0 saturated carbocycles. The molecule has 16 aromatic rings. The fourth-order valence-corrected chi connectivity index (χ4v) is 12.8. The van der Waals surface area contributed by atoms with Crippen LogP contribution in [0.2, 0.25) is 0 Å². The van der Waals surface area contributed by atoms with Gasteiger partial charge in [-0.15, -0.1) is 0 Å². The molecule has 8 nitrogen and oxygen atoms in total. The van der Waals surface area contributed by atoms with E-state index in [9.17, 15) is 10.5 Å². The van der Waals surface area contributed by atoms with E-state index in [-0.39, 0.29) is 0 Å². The molecule has 446 valence electrons. The maximum absolute atomic E-state index is 10.7. The molecule has 0 atom stereocenters. The van der Waals surface area contributed by atoms with Gasteiger partial charge in [0.15, 0.2) is 34.9 Å². The van der Waals surface area contributed by atoms with E-state index in [1.54, 1.807) is 0 Å². The Kier molecular flexibility index (Phi) is 15.2. The Morgan fingerprint density at radius 2 is 0.448 bits per heavy atom. The Hall–Kier alpha value is -13.4. The molecule has 0 aliphatic carbocycles. The van der Waals surface area contributed by atoms with E-state index < -0.39 is 0 Å². The zero-order valence-corrected chi connectivity index (χ0v) is 51.8. The molecule has 0 aliphatic heterocycles. The summed E-state index contributed by atoms with van der Waals surface area (Å²) >= 11 is 0. The quantitative estimate of drug-likeness (QED) is 0.112. The molecule has 0 saturated heterocycles. The van der Waals surface area contributed by atoms with Crippen LogP contribution < -0.4 is 0 Å². The van der Waals surface area contributed by atoms with Crippen molar-refractivity contribution >= 4 is 21.5 Å². The molecular formula is C88H54N8. The van der Waals surface area contributed by atoms with Gasteiger partial charge >= 0.3 is 0 Å². The smallest absolute Gasteiger partial charge is 0.164 e. The lowest BCUT2D eigenvalue weighted by Crippen LogP contribution is -2.00. The van der Waals surface area contributed by atoms with Crippen molar-refractivity contribution in [1.29, 1.82) is 10.5 Å². The Morgan fingerprint density at radius 3 is 0.844 bits per heavy atom. The number of hydrogen-bond donors (Lipinski definition) is 0. The van der Waals surface area contributed by atoms with E-state index in [0.29, 0.717) is 46.1 Å². The zero-order valence-electron chi connectivity index (χ0n) is 51.8. The fraction of sp³-hybridized carbons (Fsp3) is 0. The zero-order chi connectivity index (χ0) is 64.3. The molecule has 0 unspecified atom stereocenters. The first-order valence-corrected chi connectivity index (χ1v) is 31.8. The predicted molar refractivity (Wildman–Crippen MR) is 388 cm³/mol. The molecule has 0 N–H and O–H groups in total. The highest BCUT2D eigenvalue weighted by Gasteiger charge is 2.19. The Balaban J connectivity index is 0.651. The number of aromatic nitrogens is 6. The van der Waals surface area contributed by atoms with Gasteiger partial charge in [-0.1, -0.05) is 303 Å². The standard InChI is InChI=1S/C88H54N8/c89-55-57-16-14-23-69(52-57)58-30-34-61(35-31-58)77-50-51-78(82-29-13-12-28-81(77)82)71-24-15-25-72(54-71)88-95-85(66-21-8-3-9-22-66)94-87(96-88)67-42-38-60(39-43-67)74-47-46-70(53-73(74)56-90)59-32-36-62(37-33-59)75-48-49-76(80-27-11-10-26-79(75)80)63-40-44-68(45-41-63)86-92-83(64-17-4-1-5-18-64)91-84(93-86)65-19-6-2-7-20-65/h1-54H. The summed E-state index contributed by atoms with van der Waals surface area (Å²) in [5.41, 5.74) is 21.1. The van der Waals surface area contributed by atoms with Gasteiger partial charge < -0.3 is 0 Å². The lowest BCUT2D eigenvalue weighted by Gasteiger charge is -2.14. The van der Waals surface area contributed by atoms with E-state index in [1.807, 2.05) is 152 Å². The van der Waals surface area contributed by atoms with Crippen molar-refractivity contribution in [3.63, 3.8) is 0 Å². The van der Waals surface area contributed by atoms with Gasteiger partial charge in [0.05, 0.1) is 23.3 Å². The molecule has 8 heteroatoms. The molecule has 0 amide bonds. The Labute approximate surface area is 555 Å². The first-order valence-electron chi connectivity index (χ1n) is 31.8. The number of fused-ring (bicyclic) bond motifs is 2. The minimum Gasteiger partial charge on any atom is -0.208 e. The van der Waals surface area contributed by atoms with Gasteiger partial charge in [-0.3, -0.25) is 0 Å². The van der Waals surface area contributed by atoms with E-state index in [0.717, 1.165) is 133 Å². The molecule has 16 rings (SSSR count). The Morgan fingerprint density at radius 1 is 0.177 bits per heavy atom. The van der Waals surface area contributed by atoms with Gasteiger partial charge in [0.2, 0.25) is 0 Å². The second-order valence-electron chi connectivity index (χ2n) is 23.6. The summed E-state index contributed by atoms with van der Waals surface area (Å²) < 4.78 is 0. The van der Waals surface area contributed by atoms with E-state index in [2.05, 4.69) is 188 Å². The first-order chi connectivity index (χ1) is 47.4. The summed E-state index contributed by atoms with van der Waals surface area (Å²) in [6.45, 7) is 0. The van der Waals surface area contributed by atoms with Gasteiger partial charge in [0.1, 0.15) is 0 Å². The fourth-order valence-electron chi connectivity index (χ4n) is 12.8. The van der Waals surface area contributed by atoms with Crippen LogP contribution in [-0.2, 0) is 0 Å². The lowest BCUT2D eigenvalue weighted by atomic mass is 9.90. The summed E-state index contributed by atoms with van der Waals surface area (Å²) in [4.78, 5) is 30.1. The second-order valence-corrected chi connectivity index (χ2v) is 23.6. The molecule has 0 fully saturated rings. The number of nitriles is 2. The van der Waals surface area contributed by atoms with Crippen LogP contribution in [0.4, 0.5) is 0 Å². The van der Waals surface area contributed by atoms with Gasteiger partial charge in [-0.25, -0.2) is 29.9 Å². The molecule has 0 radical (unpaired) electrons. The second kappa shape index (κ2) is 25.4. The summed E-state index contributed by atoms with van der Waals surface area (Å²) in [5, 5.41) is 24.8. The number of hydrogen-bond acceptors (Lipinski definition) is 8. The van der Waals surface area contributed by atoms with Crippen molar-refractivity contribution in [3.8, 4) is 158 Å². The van der Waals surface area contributed by atoms with Crippen LogP contribution in [0, 0.1) is 22.7 Å². The molecule has 0 aliphatic rings. The third kappa shape index (κ3) is 11.4. The maximum atomic E-state index is 10.7. The van der Waals surface area contributed by atoms with Crippen LogP contribution in [-0.4, -0.2) is 29.9 Å². The van der Waals surface area contributed by atoms with E-state index in [4.69, 9.17) is 29.9 Å². The van der Waals surface area contributed by atoms with E-state index in [1.165, 1.54) is 0 Å². The van der Waals surface area contributed by atoms with E-state index >= 15 is 0 Å². The largest absolute Gasteiger partial charge is 0.208 e. The molecule has 96 heavy (non-hydrogen) atoms. The van der Waals surface area contributed by atoms with Crippen molar-refractivity contribution in [2.24, 2.45) is 0 Å². The highest BCUT2D eigenvalue weighted by atomic mass is 15.0. The average Bonchev–Trinajstić information content (AvgIpc) is 0.966. The summed E-state index contributed by atoms with van der Waals surface area (Å²) in [7, 11) is 0. The molecule has 14 aromatic carbocycles. The van der Waals surface area contributed by atoms with Crippen LogP contribution >= 0.6 is 0 Å². The minimum atomic E-state index is 0.539. The number of nitrogens with zero attached hydrogens (tertiary/aromatic N) is 8. The van der Waals surface area contributed by atoms with Crippen molar-refractivity contribution < 1.29 is 0 Å². The molecule has 2 heterocycles. The summed E-state index contributed by atoms with van der Waals surface area (Å²) in [6.07, 6.45) is 0. The highest BCUT2D eigenvalue weighted by molar-refractivity contribution is 6.06. The van der Waals surface area contributed by atoms with Crippen LogP contribution in [0.1, 0.15) is 11.1 Å². The third-order valence-corrected chi connectivity index (χ3v) is 17.7.